The van der Waals surface area contributed by atoms with E-state index in [4.69, 9.17) is 0 Å². The molecule has 1 aliphatic rings. The molecule has 0 atom stereocenters. The molecule has 1 amide bonds. The molecule has 0 aromatic carbocycles. The molecule has 144 valence electrons. The highest BCUT2D eigenvalue weighted by Gasteiger charge is 2.27. The van der Waals surface area contributed by atoms with E-state index < -0.39 is 12.6 Å². The standard InChI is InChI=1S/C18H20F3N5O/c19-18(20,21)7-1-14-4-10-23-17(24-14)25-15-5-11-26(12-6-15)16(27)13-2-8-22-9-3-13/h2-4,8-10,15H,1,5-7,11-12H2,(H,23,24,25). The zero-order chi connectivity index (χ0) is 19.3. The van der Waals surface area contributed by atoms with Crippen LogP contribution in [0.2, 0.25) is 0 Å². The Hall–Kier alpha value is -2.71. The number of amides is 1. The van der Waals surface area contributed by atoms with Crippen molar-refractivity contribution in [3.8, 4) is 0 Å². The van der Waals surface area contributed by atoms with Crippen LogP contribution in [0, 0.1) is 0 Å². The van der Waals surface area contributed by atoms with E-state index in [0.29, 0.717) is 43.1 Å². The lowest BCUT2D eigenvalue weighted by atomic mass is 10.0. The summed E-state index contributed by atoms with van der Waals surface area (Å²) in [5.41, 5.74) is 0.965. The molecule has 1 N–H and O–H groups in total. The fourth-order valence-corrected chi connectivity index (χ4v) is 2.96. The average Bonchev–Trinajstić information content (AvgIpc) is 2.67. The van der Waals surface area contributed by atoms with Crippen molar-refractivity contribution in [2.45, 2.75) is 37.9 Å². The van der Waals surface area contributed by atoms with Crippen LogP contribution in [-0.4, -0.2) is 51.1 Å². The van der Waals surface area contributed by atoms with Crippen molar-refractivity contribution in [1.82, 2.24) is 19.9 Å². The Morgan fingerprint density at radius 2 is 1.85 bits per heavy atom. The molecule has 2 aromatic heterocycles. The molecule has 0 radical (unpaired) electrons. The summed E-state index contributed by atoms with van der Waals surface area (Å²) in [4.78, 5) is 26.4. The van der Waals surface area contributed by atoms with Crippen LogP contribution in [-0.2, 0) is 6.42 Å². The smallest absolute Gasteiger partial charge is 0.351 e. The van der Waals surface area contributed by atoms with Crippen LogP contribution in [0.3, 0.4) is 0 Å². The van der Waals surface area contributed by atoms with Crippen molar-refractivity contribution in [2.24, 2.45) is 0 Å². The lowest BCUT2D eigenvalue weighted by molar-refractivity contribution is -0.134. The number of pyridine rings is 1. The minimum Gasteiger partial charge on any atom is -0.351 e. The van der Waals surface area contributed by atoms with Crippen LogP contribution in [0.4, 0.5) is 19.1 Å². The predicted molar refractivity (Wildman–Crippen MR) is 93.2 cm³/mol. The first-order valence-corrected chi connectivity index (χ1v) is 8.75. The van der Waals surface area contributed by atoms with Gasteiger partial charge in [0.1, 0.15) is 0 Å². The number of anilines is 1. The van der Waals surface area contributed by atoms with Crippen molar-refractivity contribution in [2.75, 3.05) is 18.4 Å². The van der Waals surface area contributed by atoms with Gasteiger partial charge in [0.25, 0.3) is 5.91 Å². The molecule has 27 heavy (non-hydrogen) atoms. The number of alkyl halides is 3. The molecule has 2 aromatic rings. The van der Waals surface area contributed by atoms with E-state index in [-0.39, 0.29) is 18.4 Å². The number of likely N-dealkylation sites (tertiary alicyclic amines) is 1. The summed E-state index contributed by atoms with van der Waals surface area (Å²) in [5.74, 6) is 0.301. The minimum absolute atomic E-state index is 0.0266. The van der Waals surface area contributed by atoms with Gasteiger partial charge in [0, 0.05) is 55.4 Å². The summed E-state index contributed by atoms with van der Waals surface area (Å²) in [5, 5.41) is 3.17. The van der Waals surface area contributed by atoms with Crippen LogP contribution >= 0.6 is 0 Å². The van der Waals surface area contributed by atoms with Gasteiger partial charge in [0.05, 0.1) is 0 Å². The van der Waals surface area contributed by atoms with Crippen molar-refractivity contribution in [3.05, 3.63) is 48.0 Å². The monoisotopic (exact) mass is 379 g/mol. The summed E-state index contributed by atoms with van der Waals surface area (Å²) in [6, 6.07) is 4.94. The van der Waals surface area contributed by atoms with E-state index in [1.807, 2.05) is 0 Å². The fraction of sp³-hybridized carbons (Fsp3) is 0.444. The second kappa shape index (κ2) is 8.32. The molecule has 0 spiro atoms. The van der Waals surface area contributed by atoms with E-state index in [0.717, 1.165) is 0 Å². The van der Waals surface area contributed by atoms with Crippen molar-refractivity contribution in [3.63, 3.8) is 0 Å². The third kappa shape index (κ3) is 5.63. The molecule has 0 bridgehead atoms. The number of rotatable bonds is 5. The van der Waals surface area contributed by atoms with Gasteiger partial charge in [-0.3, -0.25) is 9.78 Å². The molecular weight excluding hydrogens is 359 g/mol. The van der Waals surface area contributed by atoms with E-state index in [2.05, 4.69) is 20.3 Å². The largest absolute Gasteiger partial charge is 0.389 e. The van der Waals surface area contributed by atoms with Crippen molar-refractivity contribution < 1.29 is 18.0 Å². The second-order valence-corrected chi connectivity index (χ2v) is 6.43. The number of carbonyl (C=O) groups is 1. The van der Waals surface area contributed by atoms with E-state index >= 15 is 0 Å². The number of aromatic nitrogens is 3. The number of nitrogens with zero attached hydrogens (tertiary/aromatic N) is 4. The molecule has 0 saturated carbocycles. The number of nitrogens with one attached hydrogen (secondary N) is 1. The third-order valence-corrected chi connectivity index (χ3v) is 4.42. The zero-order valence-electron chi connectivity index (χ0n) is 14.6. The maximum absolute atomic E-state index is 12.4. The van der Waals surface area contributed by atoms with Gasteiger partial charge in [-0.15, -0.1) is 0 Å². The molecule has 3 heterocycles. The molecule has 1 saturated heterocycles. The number of aryl methyl sites for hydroxylation is 1. The lowest BCUT2D eigenvalue weighted by Crippen LogP contribution is -2.42. The van der Waals surface area contributed by atoms with Gasteiger partial charge >= 0.3 is 6.18 Å². The molecule has 9 heteroatoms. The normalized spacial score (nSPS) is 15.6. The Morgan fingerprint density at radius 1 is 1.15 bits per heavy atom. The van der Waals surface area contributed by atoms with Gasteiger partial charge in [-0.2, -0.15) is 13.2 Å². The van der Waals surface area contributed by atoms with Crippen molar-refractivity contribution in [1.29, 1.82) is 0 Å². The second-order valence-electron chi connectivity index (χ2n) is 6.43. The highest BCUT2D eigenvalue weighted by Crippen LogP contribution is 2.22. The molecule has 1 fully saturated rings. The van der Waals surface area contributed by atoms with Crippen LogP contribution in [0.25, 0.3) is 0 Å². The third-order valence-electron chi connectivity index (χ3n) is 4.42. The van der Waals surface area contributed by atoms with Crippen LogP contribution in [0.5, 0.6) is 0 Å². The van der Waals surface area contributed by atoms with Gasteiger partial charge < -0.3 is 10.2 Å². The Morgan fingerprint density at radius 3 is 2.52 bits per heavy atom. The molecule has 0 unspecified atom stereocenters. The number of halogens is 3. The Bertz CT molecular complexity index is 761. The molecule has 6 nitrogen and oxygen atoms in total. The van der Waals surface area contributed by atoms with E-state index in [1.54, 1.807) is 29.4 Å². The molecular formula is C18H20F3N5O. The van der Waals surface area contributed by atoms with Crippen LogP contribution in [0.15, 0.2) is 36.8 Å². The van der Waals surface area contributed by atoms with Crippen LogP contribution in [0.1, 0.15) is 35.3 Å². The SMILES string of the molecule is O=C(c1ccncc1)N1CCC(Nc2nccc(CCC(F)(F)F)n2)CC1. The highest BCUT2D eigenvalue weighted by molar-refractivity contribution is 5.94. The lowest BCUT2D eigenvalue weighted by Gasteiger charge is -2.32. The Balaban J connectivity index is 1.51. The maximum Gasteiger partial charge on any atom is 0.389 e. The summed E-state index contributed by atoms with van der Waals surface area (Å²) < 4.78 is 37.0. The average molecular weight is 379 g/mol. The Labute approximate surface area is 154 Å². The first kappa shape index (κ1) is 19.1. The summed E-state index contributed by atoms with van der Waals surface area (Å²) in [6.45, 7) is 1.18. The maximum atomic E-state index is 12.4. The van der Waals surface area contributed by atoms with Gasteiger partial charge in [0.2, 0.25) is 5.95 Å². The molecule has 1 aliphatic heterocycles. The number of piperidine rings is 1. The number of hydrogen-bond donors (Lipinski definition) is 1. The molecule has 3 rings (SSSR count). The minimum atomic E-state index is -4.20. The van der Waals surface area contributed by atoms with Gasteiger partial charge in [-0.1, -0.05) is 0 Å². The van der Waals surface area contributed by atoms with E-state index in [1.165, 1.54) is 12.3 Å². The zero-order valence-corrected chi connectivity index (χ0v) is 14.6. The quantitative estimate of drug-likeness (QED) is 0.865. The predicted octanol–water partition coefficient (Wildman–Crippen LogP) is 3.08. The highest BCUT2D eigenvalue weighted by atomic mass is 19.4. The topological polar surface area (TPSA) is 71.0 Å². The van der Waals surface area contributed by atoms with E-state index in [9.17, 15) is 18.0 Å². The summed E-state index contributed by atoms with van der Waals surface area (Å²) in [7, 11) is 0. The number of hydrogen-bond acceptors (Lipinski definition) is 5. The first-order chi connectivity index (χ1) is 12.9. The fourth-order valence-electron chi connectivity index (χ4n) is 2.96. The van der Waals surface area contributed by atoms with Gasteiger partial charge in [-0.05, 0) is 37.5 Å². The van der Waals surface area contributed by atoms with Crippen molar-refractivity contribution >= 4 is 11.9 Å². The summed E-state index contributed by atoms with van der Waals surface area (Å²) in [6.07, 6.45) is 0.795. The molecule has 0 aliphatic carbocycles. The summed E-state index contributed by atoms with van der Waals surface area (Å²) >= 11 is 0. The first-order valence-electron chi connectivity index (χ1n) is 8.75. The van der Waals surface area contributed by atoms with Gasteiger partial charge in [-0.25, -0.2) is 9.97 Å². The van der Waals surface area contributed by atoms with Gasteiger partial charge in [0.15, 0.2) is 0 Å². The van der Waals surface area contributed by atoms with Crippen LogP contribution < -0.4 is 5.32 Å². The Kier molecular flexibility index (Phi) is 5.88. The number of carbonyl (C=O) groups excluding carboxylic acids is 1.